The molecule has 0 amide bonds. The highest BCUT2D eigenvalue weighted by atomic mass is 16.5. The van der Waals surface area contributed by atoms with Crippen LogP contribution < -0.4 is 0 Å². The SMILES string of the molecule is COC(=O)C(c1c(O)n(C)c2ccccc12)C1CCC=C/C1=C\C=[N+]1CCCC1. The highest BCUT2D eigenvalue weighted by molar-refractivity contribution is 5.93. The van der Waals surface area contributed by atoms with Crippen molar-refractivity contribution in [1.29, 1.82) is 0 Å². The number of carbonyl (C=O) groups excluding carboxylic acids is 1. The molecule has 1 aliphatic carbocycles. The Hall–Kier alpha value is -2.82. The minimum absolute atomic E-state index is 0.0389. The van der Waals surface area contributed by atoms with Crippen molar-refractivity contribution in [3.05, 3.63) is 53.6 Å². The predicted molar refractivity (Wildman–Crippen MR) is 115 cm³/mol. The molecule has 1 aliphatic heterocycles. The van der Waals surface area contributed by atoms with Gasteiger partial charge in [-0.05, 0) is 24.5 Å². The molecule has 0 spiro atoms. The molecule has 2 unspecified atom stereocenters. The van der Waals surface area contributed by atoms with E-state index < -0.39 is 5.92 Å². The first kappa shape index (κ1) is 19.5. The van der Waals surface area contributed by atoms with Gasteiger partial charge in [-0.2, -0.15) is 0 Å². The molecule has 29 heavy (non-hydrogen) atoms. The second-order valence-corrected chi connectivity index (χ2v) is 7.96. The van der Waals surface area contributed by atoms with Crippen molar-refractivity contribution in [3.63, 3.8) is 0 Å². The molecule has 2 aromatic rings. The Bertz CT molecular complexity index is 1000. The van der Waals surface area contributed by atoms with Gasteiger partial charge in [0, 0.05) is 42.8 Å². The lowest BCUT2D eigenvalue weighted by molar-refractivity contribution is -0.500. The molecule has 0 bridgehead atoms. The largest absolute Gasteiger partial charge is 0.494 e. The summed E-state index contributed by atoms with van der Waals surface area (Å²) in [6.07, 6.45) is 12.8. The standard InChI is InChI=1S/C24H28N2O3/c1-25-20-12-6-5-11-19(20)21(23(25)27)22(24(28)29-2)18-10-4-3-9-17(18)13-16-26-14-7-8-15-26/h3,5-6,9,11-13,16,18,22H,4,7-8,10,14-15H2,1-2H3/p+1/b17-13+. The fourth-order valence-electron chi connectivity index (χ4n) is 4.73. The molecule has 152 valence electrons. The maximum Gasteiger partial charge on any atom is 0.313 e. The van der Waals surface area contributed by atoms with Crippen LogP contribution in [0, 0.1) is 5.92 Å². The number of hydrogen-bond donors (Lipinski definition) is 1. The zero-order chi connectivity index (χ0) is 20.4. The molecule has 1 aromatic heterocycles. The van der Waals surface area contributed by atoms with Crippen molar-refractivity contribution in [3.8, 4) is 5.88 Å². The number of aryl methyl sites for hydroxylation is 1. The van der Waals surface area contributed by atoms with Crippen LogP contribution in [0.1, 0.15) is 37.2 Å². The fraction of sp³-hybridized carbons (Fsp3) is 0.417. The third-order valence-electron chi connectivity index (χ3n) is 6.28. The molecule has 0 radical (unpaired) electrons. The van der Waals surface area contributed by atoms with E-state index in [0.29, 0.717) is 5.56 Å². The van der Waals surface area contributed by atoms with Gasteiger partial charge in [-0.3, -0.25) is 4.79 Å². The summed E-state index contributed by atoms with van der Waals surface area (Å²) >= 11 is 0. The molecule has 1 N–H and O–H groups in total. The number of nitrogens with zero attached hydrogens (tertiary/aromatic N) is 2. The number of methoxy groups -OCH3 is 1. The number of aromatic nitrogens is 1. The van der Waals surface area contributed by atoms with E-state index in [-0.39, 0.29) is 17.8 Å². The van der Waals surface area contributed by atoms with E-state index in [1.165, 1.54) is 20.0 Å². The molecule has 1 fully saturated rings. The van der Waals surface area contributed by atoms with E-state index in [1.807, 2.05) is 31.3 Å². The molecule has 2 aliphatic rings. The lowest BCUT2D eigenvalue weighted by Gasteiger charge is -2.28. The topological polar surface area (TPSA) is 54.5 Å². The number of carbonyl (C=O) groups is 1. The number of para-hydroxylation sites is 1. The van der Waals surface area contributed by atoms with Crippen LogP contribution in [-0.4, -0.2) is 46.6 Å². The minimum atomic E-state index is -0.547. The summed E-state index contributed by atoms with van der Waals surface area (Å²) in [6.45, 7) is 2.17. The minimum Gasteiger partial charge on any atom is -0.494 e. The first-order valence-electron chi connectivity index (χ1n) is 10.4. The second-order valence-electron chi connectivity index (χ2n) is 7.96. The van der Waals surface area contributed by atoms with E-state index in [4.69, 9.17) is 4.74 Å². The summed E-state index contributed by atoms with van der Waals surface area (Å²) in [5, 5.41) is 11.9. The summed E-state index contributed by atoms with van der Waals surface area (Å²) in [7, 11) is 3.25. The maximum atomic E-state index is 13.0. The smallest absolute Gasteiger partial charge is 0.313 e. The Kier molecular flexibility index (Phi) is 5.56. The number of aromatic hydroxyl groups is 1. The Morgan fingerprint density at radius 1 is 1.31 bits per heavy atom. The normalized spacial score (nSPS) is 21.7. The van der Waals surface area contributed by atoms with Crippen molar-refractivity contribution in [2.75, 3.05) is 20.2 Å². The maximum absolute atomic E-state index is 13.0. The van der Waals surface area contributed by atoms with Gasteiger partial charge in [-0.25, -0.2) is 4.58 Å². The molecule has 1 saturated heterocycles. The van der Waals surface area contributed by atoms with Gasteiger partial charge in [0.1, 0.15) is 13.1 Å². The van der Waals surface area contributed by atoms with E-state index in [0.717, 1.165) is 42.4 Å². The second kappa shape index (κ2) is 8.27. The fourth-order valence-corrected chi connectivity index (χ4v) is 4.73. The van der Waals surface area contributed by atoms with Gasteiger partial charge in [0.2, 0.25) is 0 Å². The summed E-state index contributed by atoms with van der Waals surface area (Å²) in [5.74, 6) is -0.750. The Labute approximate surface area is 171 Å². The first-order chi connectivity index (χ1) is 14.1. The number of fused-ring (bicyclic) bond motifs is 1. The van der Waals surface area contributed by atoms with Crippen molar-refractivity contribution in [2.24, 2.45) is 13.0 Å². The van der Waals surface area contributed by atoms with E-state index in [9.17, 15) is 9.90 Å². The van der Waals surface area contributed by atoms with E-state index in [2.05, 4.69) is 29.0 Å². The molecule has 5 nitrogen and oxygen atoms in total. The number of benzene rings is 1. The van der Waals surface area contributed by atoms with Gasteiger partial charge in [0.25, 0.3) is 0 Å². The monoisotopic (exact) mass is 393 g/mol. The van der Waals surface area contributed by atoms with Gasteiger partial charge in [-0.1, -0.05) is 30.4 Å². The first-order valence-corrected chi connectivity index (χ1v) is 10.4. The molecule has 2 atom stereocenters. The Morgan fingerprint density at radius 3 is 2.83 bits per heavy atom. The summed E-state index contributed by atoms with van der Waals surface area (Å²) in [6, 6.07) is 7.82. The molecule has 4 rings (SSSR count). The average Bonchev–Trinajstić information content (AvgIpc) is 3.36. The molecule has 0 saturated carbocycles. The van der Waals surface area contributed by atoms with Crippen LogP contribution in [0.25, 0.3) is 10.9 Å². The lowest BCUT2D eigenvalue weighted by atomic mass is 9.75. The third kappa shape index (κ3) is 3.61. The van der Waals surface area contributed by atoms with Crippen molar-refractivity contribution < 1.29 is 19.2 Å². The number of allylic oxidation sites excluding steroid dienone is 4. The molecular weight excluding hydrogens is 364 g/mol. The molecular formula is C24H29N2O3+. The van der Waals surface area contributed by atoms with Crippen molar-refractivity contribution >= 4 is 23.1 Å². The van der Waals surface area contributed by atoms with Crippen LogP contribution in [0.2, 0.25) is 0 Å². The Balaban J connectivity index is 1.82. The van der Waals surface area contributed by atoms with Gasteiger partial charge in [-0.15, -0.1) is 0 Å². The quantitative estimate of drug-likeness (QED) is 0.633. The number of ether oxygens (including phenoxy) is 1. The Morgan fingerprint density at radius 2 is 2.07 bits per heavy atom. The van der Waals surface area contributed by atoms with Crippen molar-refractivity contribution in [1.82, 2.24) is 4.57 Å². The van der Waals surface area contributed by atoms with Crippen LogP contribution in [-0.2, 0) is 16.6 Å². The summed E-state index contributed by atoms with van der Waals surface area (Å²) < 4.78 is 9.31. The van der Waals surface area contributed by atoms with Crippen LogP contribution in [0.15, 0.2) is 48.1 Å². The highest BCUT2D eigenvalue weighted by Crippen LogP contribution is 2.44. The van der Waals surface area contributed by atoms with Gasteiger partial charge >= 0.3 is 5.97 Å². The molecule has 2 heterocycles. The van der Waals surface area contributed by atoms with E-state index in [1.54, 1.807) is 4.57 Å². The van der Waals surface area contributed by atoms with E-state index >= 15 is 0 Å². The number of rotatable bonds is 4. The van der Waals surface area contributed by atoms with Crippen LogP contribution in [0.4, 0.5) is 0 Å². The predicted octanol–water partition coefficient (Wildman–Crippen LogP) is 3.91. The summed E-state index contributed by atoms with van der Waals surface area (Å²) in [4.78, 5) is 13.0. The number of hydrogen-bond acceptors (Lipinski definition) is 3. The average molecular weight is 394 g/mol. The van der Waals surface area contributed by atoms with Gasteiger partial charge in [0.15, 0.2) is 12.1 Å². The number of esters is 1. The third-order valence-corrected chi connectivity index (χ3v) is 6.28. The van der Waals surface area contributed by atoms with Gasteiger partial charge in [0.05, 0.1) is 18.5 Å². The van der Waals surface area contributed by atoms with Gasteiger partial charge < -0.3 is 14.4 Å². The summed E-state index contributed by atoms with van der Waals surface area (Å²) in [5.41, 5.74) is 2.70. The van der Waals surface area contributed by atoms with Crippen LogP contribution in [0.5, 0.6) is 5.88 Å². The van der Waals surface area contributed by atoms with Crippen LogP contribution in [0.3, 0.4) is 0 Å². The van der Waals surface area contributed by atoms with Crippen LogP contribution >= 0.6 is 0 Å². The molecule has 1 aromatic carbocycles. The lowest BCUT2D eigenvalue weighted by Crippen LogP contribution is -2.26. The molecule has 5 heteroatoms. The zero-order valence-corrected chi connectivity index (χ0v) is 17.2. The van der Waals surface area contributed by atoms with Crippen molar-refractivity contribution in [2.45, 2.75) is 31.6 Å². The highest BCUT2D eigenvalue weighted by Gasteiger charge is 2.37. The zero-order valence-electron chi connectivity index (χ0n) is 17.2.